The zero-order valence-corrected chi connectivity index (χ0v) is 27.8. The molecule has 0 bridgehead atoms. The summed E-state index contributed by atoms with van der Waals surface area (Å²) in [5, 5.41) is 17.8. The third-order valence-electron chi connectivity index (χ3n) is 5.89. The standard InChI is InChI=1S/C16H13NO3.C9H6BrNO2.C8H8BrNO2/c1-19-15-6-4-3-5-13(15)14-9-11(16(18)20-2)7-8-12(14)10-17;1-13-9(12)6-2-3-7(5-11)8(10)4-6;1-12-8(11)5-2-3-7(10)6(9)4-5/h3-9H,1-2H3;2-4H,1H3;2-4H,10H2,1H3. The minimum Gasteiger partial charge on any atom is -0.496 e. The number of nitrogens with two attached hydrogens (primary N) is 1. The predicted octanol–water partition coefficient (Wildman–Crippen LogP) is 6.95. The molecule has 230 valence electrons. The lowest BCUT2D eigenvalue weighted by atomic mass is 9.97. The fourth-order valence-electron chi connectivity index (χ4n) is 3.60. The van der Waals surface area contributed by atoms with Crippen molar-refractivity contribution in [3.63, 3.8) is 0 Å². The number of nitriles is 2. The SMILES string of the molecule is COC(=O)c1ccc(C#N)c(-c2ccccc2OC)c1.COC(=O)c1ccc(C#N)c(Br)c1.COC(=O)c1ccc(N)c(Br)c1. The van der Waals surface area contributed by atoms with Gasteiger partial charge in [0.2, 0.25) is 0 Å². The molecule has 0 aliphatic carbocycles. The first kappa shape index (κ1) is 36.0. The Labute approximate surface area is 277 Å². The number of ether oxygens (including phenoxy) is 4. The molecule has 0 saturated carbocycles. The molecule has 4 rings (SSSR count). The Morgan fingerprint density at radius 2 is 1.09 bits per heavy atom. The number of rotatable bonds is 5. The maximum absolute atomic E-state index is 11.6. The molecule has 0 atom stereocenters. The molecule has 10 nitrogen and oxygen atoms in total. The number of benzene rings is 4. The summed E-state index contributed by atoms with van der Waals surface area (Å²) in [6.45, 7) is 0. The van der Waals surface area contributed by atoms with Gasteiger partial charge >= 0.3 is 17.9 Å². The number of anilines is 1. The van der Waals surface area contributed by atoms with E-state index < -0.39 is 11.9 Å². The van der Waals surface area contributed by atoms with Crippen LogP contribution in [0.2, 0.25) is 0 Å². The summed E-state index contributed by atoms with van der Waals surface area (Å²) in [7, 11) is 5.54. The first-order chi connectivity index (χ1) is 21.5. The van der Waals surface area contributed by atoms with E-state index in [-0.39, 0.29) is 5.97 Å². The van der Waals surface area contributed by atoms with Crippen LogP contribution in [0.5, 0.6) is 5.75 Å². The minimum atomic E-state index is -0.439. The number of halogens is 2. The number of hydrogen-bond acceptors (Lipinski definition) is 10. The summed E-state index contributed by atoms with van der Waals surface area (Å²) in [6.07, 6.45) is 0. The molecule has 12 heteroatoms. The van der Waals surface area contributed by atoms with Crippen LogP contribution >= 0.6 is 31.9 Å². The number of esters is 3. The Kier molecular flexibility index (Phi) is 14.3. The van der Waals surface area contributed by atoms with Crippen molar-refractivity contribution in [1.82, 2.24) is 0 Å². The van der Waals surface area contributed by atoms with Gasteiger partial charge in [-0.2, -0.15) is 10.5 Å². The van der Waals surface area contributed by atoms with Crippen LogP contribution in [0.4, 0.5) is 5.69 Å². The lowest BCUT2D eigenvalue weighted by Gasteiger charge is -2.11. The fourth-order valence-corrected chi connectivity index (χ4v) is 4.45. The van der Waals surface area contributed by atoms with E-state index in [1.165, 1.54) is 21.3 Å². The van der Waals surface area contributed by atoms with Gasteiger partial charge in [0.05, 0.1) is 62.3 Å². The number of nitrogen functional groups attached to an aromatic ring is 1. The number of nitrogens with zero attached hydrogens (tertiary/aromatic N) is 2. The van der Waals surface area contributed by atoms with Gasteiger partial charge in [-0.15, -0.1) is 0 Å². The second kappa shape index (κ2) is 17.8. The van der Waals surface area contributed by atoms with Gasteiger partial charge in [0, 0.05) is 25.8 Å². The summed E-state index contributed by atoms with van der Waals surface area (Å²) in [5.74, 6) is -0.572. The molecule has 0 radical (unpaired) electrons. The molecule has 0 aliphatic rings. The molecular formula is C33H27Br2N3O7. The van der Waals surface area contributed by atoms with E-state index in [1.807, 2.05) is 24.3 Å². The number of carbonyl (C=O) groups excluding carboxylic acids is 3. The smallest absolute Gasteiger partial charge is 0.337 e. The zero-order valence-electron chi connectivity index (χ0n) is 24.6. The molecule has 2 N–H and O–H groups in total. The first-order valence-electron chi connectivity index (χ1n) is 12.7. The lowest BCUT2D eigenvalue weighted by molar-refractivity contribution is 0.0592. The van der Waals surface area contributed by atoms with E-state index in [4.69, 9.17) is 20.5 Å². The topological polar surface area (TPSA) is 162 Å². The Balaban J connectivity index is 0.000000247. The van der Waals surface area contributed by atoms with E-state index in [9.17, 15) is 19.6 Å². The van der Waals surface area contributed by atoms with Gasteiger partial charge in [-0.3, -0.25) is 0 Å². The third-order valence-corrected chi connectivity index (χ3v) is 7.23. The van der Waals surface area contributed by atoms with Crippen molar-refractivity contribution in [2.75, 3.05) is 34.2 Å². The summed E-state index contributed by atoms with van der Waals surface area (Å²) < 4.78 is 20.4. The normalized spacial score (nSPS) is 9.42. The van der Waals surface area contributed by atoms with Gasteiger partial charge in [-0.1, -0.05) is 18.2 Å². The zero-order chi connectivity index (χ0) is 33.5. The maximum Gasteiger partial charge on any atom is 0.337 e. The van der Waals surface area contributed by atoms with E-state index in [0.717, 1.165) is 5.56 Å². The predicted molar refractivity (Wildman–Crippen MR) is 175 cm³/mol. The van der Waals surface area contributed by atoms with Crippen LogP contribution in [0, 0.1) is 22.7 Å². The van der Waals surface area contributed by atoms with Crippen molar-refractivity contribution in [1.29, 1.82) is 10.5 Å². The molecule has 4 aromatic carbocycles. The summed E-state index contributed by atoms with van der Waals surface area (Å²) in [5.41, 5.74) is 9.81. The number of carbonyl (C=O) groups is 3. The number of hydrogen-bond donors (Lipinski definition) is 1. The molecule has 4 aromatic rings. The molecule has 0 aliphatic heterocycles. The molecular weight excluding hydrogens is 710 g/mol. The van der Waals surface area contributed by atoms with Crippen molar-refractivity contribution in [3.8, 4) is 29.0 Å². The minimum absolute atomic E-state index is 0.365. The Morgan fingerprint density at radius 3 is 1.56 bits per heavy atom. The summed E-state index contributed by atoms with van der Waals surface area (Å²) >= 11 is 6.39. The molecule has 0 saturated heterocycles. The lowest BCUT2D eigenvalue weighted by Crippen LogP contribution is -2.02. The van der Waals surface area contributed by atoms with Crippen LogP contribution in [0.3, 0.4) is 0 Å². The third kappa shape index (κ3) is 9.93. The summed E-state index contributed by atoms with van der Waals surface area (Å²) in [6, 6.07) is 25.8. The van der Waals surface area contributed by atoms with Crippen LogP contribution in [0.1, 0.15) is 42.2 Å². The molecule has 0 aromatic heterocycles. The molecule has 0 spiro atoms. The first-order valence-corrected chi connectivity index (χ1v) is 14.3. The highest BCUT2D eigenvalue weighted by Crippen LogP contribution is 2.32. The molecule has 0 amide bonds. The largest absolute Gasteiger partial charge is 0.496 e. The molecule has 0 unspecified atom stereocenters. The Morgan fingerprint density at radius 1 is 0.622 bits per heavy atom. The highest BCUT2D eigenvalue weighted by atomic mass is 79.9. The fraction of sp³-hybridized carbons (Fsp3) is 0.121. The maximum atomic E-state index is 11.6. The van der Waals surface area contributed by atoms with Crippen molar-refractivity contribution < 1.29 is 33.3 Å². The second-order valence-electron chi connectivity index (χ2n) is 8.59. The molecule has 0 fully saturated rings. The van der Waals surface area contributed by atoms with Crippen LogP contribution in [-0.2, 0) is 14.2 Å². The van der Waals surface area contributed by atoms with Crippen LogP contribution in [0.15, 0.2) is 87.8 Å². The van der Waals surface area contributed by atoms with Crippen molar-refractivity contribution in [2.45, 2.75) is 0 Å². The van der Waals surface area contributed by atoms with Gasteiger partial charge in [0.1, 0.15) is 11.8 Å². The van der Waals surface area contributed by atoms with Crippen molar-refractivity contribution >= 4 is 55.5 Å². The van der Waals surface area contributed by atoms with E-state index >= 15 is 0 Å². The average molecular weight is 737 g/mol. The van der Waals surface area contributed by atoms with Gasteiger partial charge in [-0.05, 0) is 92.5 Å². The van der Waals surface area contributed by atoms with Crippen LogP contribution in [-0.4, -0.2) is 46.3 Å². The van der Waals surface area contributed by atoms with Gasteiger partial charge in [0.15, 0.2) is 0 Å². The van der Waals surface area contributed by atoms with E-state index in [1.54, 1.807) is 67.8 Å². The van der Waals surface area contributed by atoms with Crippen molar-refractivity contribution in [3.05, 3.63) is 116 Å². The second-order valence-corrected chi connectivity index (χ2v) is 10.3. The number of para-hydroxylation sites is 1. The Bertz CT molecular complexity index is 1780. The highest BCUT2D eigenvalue weighted by Gasteiger charge is 2.14. The molecule has 45 heavy (non-hydrogen) atoms. The highest BCUT2D eigenvalue weighted by molar-refractivity contribution is 9.11. The van der Waals surface area contributed by atoms with E-state index in [2.05, 4.69) is 47.4 Å². The van der Waals surface area contributed by atoms with Crippen LogP contribution < -0.4 is 10.5 Å². The van der Waals surface area contributed by atoms with Crippen molar-refractivity contribution in [2.24, 2.45) is 0 Å². The van der Waals surface area contributed by atoms with Gasteiger partial charge in [-0.25, -0.2) is 14.4 Å². The average Bonchev–Trinajstić information content (AvgIpc) is 3.08. The molecule has 0 heterocycles. The van der Waals surface area contributed by atoms with Gasteiger partial charge in [0.25, 0.3) is 0 Å². The van der Waals surface area contributed by atoms with E-state index in [0.29, 0.717) is 53.8 Å². The Hall–Kier alpha value is -5.17. The quantitative estimate of drug-likeness (QED) is 0.129. The van der Waals surface area contributed by atoms with Gasteiger partial charge < -0.3 is 24.7 Å². The monoisotopic (exact) mass is 735 g/mol. The van der Waals surface area contributed by atoms with Crippen LogP contribution in [0.25, 0.3) is 11.1 Å². The number of methoxy groups -OCH3 is 4. The summed E-state index contributed by atoms with van der Waals surface area (Å²) in [4.78, 5) is 33.6.